The van der Waals surface area contributed by atoms with Crippen molar-refractivity contribution in [1.29, 1.82) is 0 Å². The first-order valence-electron chi connectivity index (χ1n) is 5.41. The van der Waals surface area contributed by atoms with E-state index in [4.69, 9.17) is 4.42 Å². The van der Waals surface area contributed by atoms with E-state index in [1.165, 1.54) is 0 Å². The van der Waals surface area contributed by atoms with Gasteiger partial charge in [-0.25, -0.2) is 0 Å². The molecule has 0 N–H and O–H groups in total. The van der Waals surface area contributed by atoms with Gasteiger partial charge in [-0.3, -0.25) is 4.79 Å². The van der Waals surface area contributed by atoms with Crippen LogP contribution in [0.1, 0.15) is 37.9 Å². The molecule has 0 bridgehead atoms. The predicted octanol–water partition coefficient (Wildman–Crippen LogP) is 2.97. The molecule has 1 aromatic rings. The molecule has 2 rings (SSSR count). The second kappa shape index (κ2) is 4.45. The van der Waals surface area contributed by atoms with Crippen LogP contribution in [0.15, 0.2) is 22.8 Å². The Bertz CT molecular complexity index is 287. The average Bonchev–Trinajstić information content (AvgIpc) is 2.78. The van der Waals surface area contributed by atoms with Crippen molar-refractivity contribution in [3.05, 3.63) is 24.2 Å². The Kier molecular flexibility index (Phi) is 3.02. The lowest BCUT2D eigenvalue weighted by Crippen LogP contribution is -2.06. The summed E-state index contributed by atoms with van der Waals surface area (Å²) in [4.78, 5) is 11.3. The fraction of sp³-hybridized carbons (Fsp3) is 0.583. The van der Waals surface area contributed by atoms with E-state index in [1.807, 2.05) is 12.1 Å². The lowest BCUT2D eigenvalue weighted by Gasteiger charge is -2.05. The molecule has 0 spiro atoms. The fourth-order valence-corrected chi connectivity index (χ4v) is 2.17. The molecule has 0 amide bonds. The van der Waals surface area contributed by atoms with Gasteiger partial charge in [-0.15, -0.1) is 0 Å². The topological polar surface area (TPSA) is 30.2 Å². The Labute approximate surface area is 84.3 Å². The van der Waals surface area contributed by atoms with Gasteiger partial charge >= 0.3 is 0 Å². The lowest BCUT2D eigenvalue weighted by atomic mass is 9.99. The summed E-state index contributed by atoms with van der Waals surface area (Å²) in [5, 5.41) is 0. The van der Waals surface area contributed by atoms with Crippen LogP contribution in [0.5, 0.6) is 0 Å². The molecule has 1 aliphatic rings. The van der Waals surface area contributed by atoms with Gasteiger partial charge in [0, 0.05) is 18.8 Å². The van der Waals surface area contributed by atoms with E-state index in [9.17, 15) is 4.79 Å². The van der Waals surface area contributed by atoms with Crippen molar-refractivity contribution in [2.24, 2.45) is 5.92 Å². The number of carbonyl (C=O) groups is 1. The summed E-state index contributed by atoms with van der Waals surface area (Å²) in [6.07, 6.45) is 7.81. The summed E-state index contributed by atoms with van der Waals surface area (Å²) in [6, 6.07) is 3.91. The van der Waals surface area contributed by atoms with Gasteiger partial charge in [-0.05, 0) is 37.8 Å². The molecule has 1 saturated carbocycles. The van der Waals surface area contributed by atoms with E-state index in [2.05, 4.69) is 0 Å². The van der Waals surface area contributed by atoms with Gasteiger partial charge in [0.05, 0.1) is 6.26 Å². The van der Waals surface area contributed by atoms with Gasteiger partial charge in [0.25, 0.3) is 0 Å². The number of aryl methyl sites for hydroxylation is 1. The van der Waals surface area contributed by atoms with Crippen molar-refractivity contribution in [2.45, 2.75) is 38.5 Å². The van der Waals surface area contributed by atoms with Crippen LogP contribution in [0.2, 0.25) is 0 Å². The standard InChI is InChI=1S/C12H16O2/c13-12-8-2-5-10(12)4-1-6-11-7-3-9-14-11/h3,7,9-10H,1-2,4-6,8H2/t10-/m1/s1. The van der Waals surface area contributed by atoms with Gasteiger partial charge < -0.3 is 4.42 Å². The summed E-state index contributed by atoms with van der Waals surface area (Å²) in [6.45, 7) is 0. The smallest absolute Gasteiger partial charge is 0.135 e. The molecule has 1 atom stereocenters. The average molecular weight is 192 g/mol. The largest absolute Gasteiger partial charge is 0.469 e. The van der Waals surface area contributed by atoms with E-state index in [0.717, 1.165) is 44.3 Å². The number of carbonyl (C=O) groups excluding carboxylic acids is 1. The molecule has 1 fully saturated rings. The van der Waals surface area contributed by atoms with Gasteiger partial charge in [0.1, 0.15) is 11.5 Å². The van der Waals surface area contributed by atoms with Crippen molar-refractivity contribution in [3.8, 4) is 0 Å². The highest BCUT2D eigenvalue weighted by Gasteiger charge is 2.23. The Hall–Kier alpha value is -1.05. The van der Waals surface area contributed by atoms with Gasteiger partial charge in [-0.1, -0.05) is 0 Å². The van der Waals surface area contributed by atoms with E-state index in [-0.39, 0.29) is 0 Å². The minimum atomic E-state index is 0.352. The summed E-state index contributed by atoms with van der Waals surface area (Å²) in [5.41, 5.74) is 0. The monoisotopic (exact) mass is 192 g/mol. The molecular formula is C12H16O2. The Morgan fingerprint density at radius 1 is 1.50 bits per heavy atom. The highest BCUT2D eigenvalue weighted by molar-refractivity contribution is 5.82. The number of hydrogen-bond donors (Lipinski definition) is 0. The molecule has 2 nitrogen and oxygen atoms in total. The van der Waals surface area contributed by atoms with Crippen LogP contribution < -0.4 is 0 Å². The van der Waals surface area contributed by atoms with Crippen LogP contribution in [-0.4, -0.2) is 5.78 Å². The first-order chi connectivity index (χ1) is 6.86. The number of furan rings is 1. The maximum Gasteiger partial charge on any atom is 0.135 e. The number of hydrogen-bond acceptors (Lipinski definition) is 2. The SMILES string of the molecule is O=C1CCC[C@H]1CCCc1ccco1. The van der Waals surface area contributed by atoms with Crippen LogP contribution >= 0.6 is 0 Å². The minimum Gasteiger partial charge on any atom is -0.469 e. The van der Waals surface area contributed by atoms with Gasteiger partial charge in [0.15, 0.2) is 0 Å². The Balaban J connectivity index is 1.70. The van der Waals surface area contributed by atoms with Crippen molar-refractivity contribution in [3.63, 3.8) is 0 Å². The number of rotatable bonds is 4. The normalized spacial score (nSPS) is 21.7. The fourth-order valence-electron chi connectivity index (χ4n) is 2.17. The summed E-state index contributed by atoms with van der Waals surface area (Å²) >= 11 is 0. The third-order valence-electron chi connectivity index (χ3n) is 2.99. The van der Waals surface area contributed by atoms with Crippen LogP contribution in [0, 0.1) is 5.92 Å². The molecule has 76 valence electrons. The molecule has 0 radical (unpaired) electrons. The maximum absolute atomic E-state index is 11.3. The molecule has 0 aliphatic heterocycles. The highest BCUT2D eigenvalue weighted by Crippen LogP contribution is 2.25. The molecule has 1 heterocycles. The molecular weight excluding hydrogens is 176 g/mol. The maximum atomic E-state index is 11.3. The number of ketones is 1. The third kappa shape index (κ3) is 2.25. The van der Waals surface area contributed by atoms with Crippen molar-refractivity contribution in [2.75, 3.05) is 0 Å². The van der Waals surface area contributed by atoms with Gasteiger partial charge in [0.2, 0.25) is 0 Å². The quantitative estimate of drug-likeness (QED) is 0.734. The van der Waals surface area contributed by atoms with E-state index >= 15 is 0 Å². The first kappa shape index (κ1) is 9.50. The number of Topliss-reactive ketones (excluding diaryl/α,β-unsaturated/α-hetero) is 1. The second-order valence-corrected chi connectivity index (χ2v) is 4.03. The molecule has 2 heteroatoms. The van der Waals surface area contributed by atoms with Crippen LogP contribution in [0.3, 0.4) is 0 Å². The summed E-state index contributed by atoms with van der Waals surface area (Å²) in [7, 11) is 0. The zero-order valence-electron chi connectivity index (χ0n) is 8.37. The summed E-state index contributed by atoms with van der Waals surface area (Å²) < 4.78 is 5.24. The first-order valence-corrected chi connectivity index (χ1v) is 5.41. The Morgan fingerprint density at radius 3 is 3.07 bits per heavy atom. The van der Waals surface area contributed by atoms with Crippen LogP contribution in [0.4, 0.5) is 0 Å². The molecule has 1 aliphatic carbocycles. The Morgan fingerprint density at radius 2 is 2.43 bits per heavy atom. The highest BCUT2D eigenvalue weighted by atomic mass is 16.3. The lowest BCUT2D eigenvalue weighted by molar-refractivity contribution is -0.120. The molecule has 0 saturated heterocycles. The molecule has 0 unspecified atom stereocenters. The molecule has 0 aromatic carbocycles. The van der Waals surface area contributed by atoms with E-state index < -0.39 is 0 Å². The van der Waals surface area contributed by atoms with Crippen molar-refractivity contribution in [1.82, 2.24) is 0 Å². The van der Waals surface area contributed by atoms with Crippen molar-refractivity contribution >= 4 is 5.78 Å². The molecule has 1 aromatic heterocycles. The summed E-state index contributed by atoms with van der Waals surface area (Å²) in [5.74, 6) is 1.87. The molecule has 14 heavy (non-hydrogen) atoms. The van der Waals surface area contributed by atoms with E-state index in [1.54, 1.807) is 6.26 Å². The third-order valence-corrected chi connectivity index (χ3v) is 2.99. The van der Waals surface area contributed by atoms with Gasteiger partial charge in [-0.2, -0.15) is 0 Å². The second-order valence-electron chi connectivity index (χ2n) is 4.03. The van der Waals surface area contributed by atoms with E-state index in [0.29, 0.717) is 11.7 Å². The van der Waals surface area contributed by atoms with Crippen LogP contribution in [-0.2, 0) is 11.2 Å². The van der Waals surface area contributed by atoms with Crippen molar-refractivity contribution < 1.29 is 9.21 Å². The van der Waals surface area contributed by atoms with Crippen LogP contribution in [0.25, 0.3) is 0 Å². The zero-order chi connectivity index (χ0) is 9.80. The zero-order valence-corrected chi connectivity index (χ0v) is 8.37. The minimum absolute atomic E-state index is 0.352. The predicted molar refractivity (Wildman–Crippen MR) is 54.0 cm³/mol.